The maximum absolute atomic E-state index is 6.45. The second kappa shape index (κ2) is 16.6. The van der Waals surface area contributed by atoms with Gasteiger partial charge < -0.3 is 13.9 Å². The van der Waals surface area contributed by atoms with Crippen LogP contribution in [-0.2, 0) is 0 Å². The summed E-state index contributed by atoms with van der Waals surface area (Å²) >= 11 is 0. The van der Waals surface area contributed by atoms with Gasteiger partial charge in [0.1, 0.15) is 11.2 Å². The number of para-hydroxylation sites is 3. The molecule has 0 saturated carbocycles. The van der Waals surface area contributed by atoms with Crippen molar-refractivity contribution in [3.8, 4) is 51.0 Å². The minimum absolute atomic E-state index is 0.600. The van der Waals surface area contributed by atoms with Gasteiger partial charge in [-0.15, -0.1) is 0 Å². The van der Waals surface area contributed by atoms with E-state index in [4.69, 9.17) is 19.4 Å². The van der Waals surface area contributed by atoms with Crippen LogP contribution in [-0.4, -0.2) is 19.5 Å². The molecule has 0 aliphatic carbocycles. The number of hydrogen-bond acceptors (Lipinski definition) is 5. The highest BCUT2D eigenvalue weighted by atomic mass is 16.3. The van der Waals surface area contributed by atoms with Crippen molar-refractivity contribution >= 4 is 73.0 Å². The Kier molecular flexibility index (Phi) is 9.84. The molecule has 6 nitrogen and oxygen atoms in total. The van der Waals surface area contributed by atoms with Gasteiger partial charge in [-0.3, -0.25) is 0 Å². The summed E-state index contributed by atoms with van der Waals surface area (Å²) in [5.41, 5.74) is 15.4. The van der Waals surface area contributed by atoms with Gasteiger partial charge in [0.05, 0.1) is 22.4 Å². The third-order valence-corrected chi connectivity index (χ3v) is 12.6. The summed E-state index contributed by atoms with van der Waals surface area (Å²) in [4.78, 5) is 17.5. The summed E-state index contributed by atoms with van der Waals surface area (Å²) in [6, 6.07) is 74.5. The first-order valence-electron chi connectivity index (χ1n) is 22.8. The fourth-order valence-corrected chi connectivity index (χ4v) is 9.49. The predicted molar refractivity (Wildman–Crippen MR) is 278 cm³/mol. The molecular formula is C61H43N5O. The van der Waals surface area contributed by atoms with Crippen molar-refractivity contribution in [1.29, 1.82) is 0 Å². The summed E-state index contributed by atoms with van der Waals surface area (Å²) in [6.07, 6.45) is 4.45. The first kappa shape index (κ1) is 39.7. The van der Waals surface area contributed by atoms with Gasteiger partial charge in [-0.05, 0) is 83.4 Å². The normalized spacial score (nSPS) is 11.9. The van der Waals surface area contributed by atoms with Crippen LogP contribution in [0.25, 0.3) is 107 Å². The number of nitrogens with zero attached hydrogens (tertiary/aromatic N) is 5. The third-order valence-electron chi connectivity index (χ3n) is 12.6. The molecule has 0 saturated heterocycles. The molecular weight excluding hydrogens is 819 g/mol. The molecule has 0 fully saturated rings. The molecule has 6 heteroatoms. The zero-order valence-electron chi connectivity index (χ0n) is 37.0. The Morgan fingerprint density at radius 1 is 0.343 bits per heavy atom. The Bertz CT molecular complexity index is 3780. The zero-order valence-corrected chi connectivity index (χ0v) is 37.0. The van der Waals surface area contributed by atoms with Crippen molar-refractivity contribution in [2.45, 2.75) is 13.8 Å². The van der Waals surface area contributed by atoms with Crippen molar-refractivity contribution in [2.24, 2.45) is 0 Å². The average molecular weight is 862 g/mol. The number of hydrogen-bond donors (Lipinski definition) is 0. The first-order chi connectivity index (χ1) is 33.2. The first-order valence-corrected chi connectivity index (χ1v) is 22.8. The van der Waals surface area contributed by atoms with E-state index in [9.17, 15) is 0 Å². The van der Waals surface area contributed by atoms with E-state index in [0.717, 1.165) is 83.6 Å². The lowest BCUT2D eigenvalue weighted by Crippen LogP contribution is -2.12. The van der Waals surface area contributed by atoms with Crippen LogP contribution in [0, 0.1) is 0 Å². The van der Waals surface area contributed by atoms with Gasteiger partial charge >= 0.3 is 0 Å². The predicted octanol–water partition coefficient (Wildman–Crippen LogP) is 16.5. The van der Waals surface area contributed by atoms with Gasteiger partial charge in [0.15, 0.2) is 17.5 Å². The van der Waals surface area contributed by atoms with Gasteiger partial charge in [-0.25, -0.2) is 15.0 Å². The summed E-state index contributed by atoms with van der Waals surface area (Å²) in [7, 11) is 0. The van der Waals surface area contributed by atoms with E-state index in [0.29, 0.717) is 17.5 Å². The molecule has 4 heterocycles. The Labute approximate surface area is 388 Å². The monoisotopic (exact) mass is 861 g/mol. The fourth-order valence-electron chi connectivity index (χ4n) is 9.49. The number of anilines is 3. The van der Waals surface area contributed by atoms with E-state index in [2.05, 4.69) is 161 Å². The molecule has 0 spiro atoms. The smallest absolute Gasteiger partial charge is 0.164 e. The SMILES string of the molecule is C1=Cc2cc3oc4ccccc4c3cc2N(c2cccc(-c3nc(-c4ccccc4)nc(-c4ccccc4)n3)c2)c2ccc(-c3ccc4c5ccccc5n(-c5ccccc5)c4c3)cc21.CC. The molecule has 0 bridgehead atoms. The molecule has 67 heavy (non-hydrogen) atoms. The third kappa shape index (κ3) is 6.94. The quantitative estimate of drug-likeness (QED) is 0.167. The number of benzene rings is 9. The summed E-state index contributed by atoms with van der Waals surface area (Å²) in [5, 5.41) is 4.61. The molecule has 0 radical (unpaired) electrons. The standard InChI is InChI=1S/C59H37N5O.C2H6/c1-4-15-38(16-5-1)57-60-58(39-17-6-2-7-18-39)62-59(61-57)44-19-14-22-46(34-44)64-51-32-30-40(33-42(51)27-28-43-36-56-50(37-53(43)64)49-24-11-13-26-55(49)65-56)41-29-31-48-47-23-10-12-25-52(47)63(54(48)35-41)45-20-8-3-9-21-45;1-2/h1-37H;1-2H3. The van der Waals surface area contributed by atoms with Gasteiger partial charge in [0, 0.05) is 55.2 Å². The molecule has 0 atom stereocenters. The average Bonchev–Trinajstić information content (AvgIpc) is 3.88. The molecule has 0 unspecified atom stereocenters. The lowest BCUT2D eigenvalue weighted by atomic mass is 9.99. The second-order valence-electron chi connectivity index (χ2n) is 16.5. The number of furan rings is 1. The second-order valence-corrected chi connectivity index (χ2v) is 16.5. The van der Waals surface area contributed by atoms with E-state index in [1.807, 2.05) is 86.6 Å². The highest BCUT2D eigenvalue weighted by Crippen LogP contribution is 2.47. The number of fused-ring (bicyclic) bond motifs is 8. The van der Waals surface area contributed by atoms with Gasteiger partial charge in [0.25, 0.3) is 0 Å². The highest BCUT2D eigenvalue weighted by molar-refractivity contribution is 6.11. The van der Waals surface area contributed by atoms with Crippen LogP contribution in [0.3, 0.4) is 0 Å². The van der Waals surface area contributed by atoms with E-state index in [1.54, 1.807) is 0 Å². The van der Waals surface area contributed by atoms with Crippen molar-refractivity contribution < 1.29 is 4.42 Å². The summed E-state index contributed by atoms with van der Waals surface area (Å²) < 4.78 is 8.82. The maximum atomic E-state index is 6.45. The highest BCUT2D eigenvalue weighted by Gasteiger charge is 2.24. The molecule has 1 aliphatic rings. The summed E-state index contributed by atoms with van der Waals surface area (Å²) in [5.74, 6) is 1.85. The van der Waals surface area contributed by atoms with E-state index in [1.165, 1.54) is 21.8 Å². The van der Waals surface area contributed by atoms with Crippen LogP contribution >= 0.6 is 0 Å². The van der Waals surface area contributed by atoms with Crippen molar-refractivity contribution in [2.75, 3.05) is 4.90 Å². The minimum Gasteiger partial charge on any atom is -0.456 e. The van der Waals surface area contributed by atoms with Crippen molar-refractivity contribution in [3.05, 3.63) is 223 Å². The topological polar surface area (TPSA) is 60.0 Å². The zero-order chi connectivity index (χ0) is 44.8. The lowest BCUT2D eigenvalue weighted by Gasteiger charge is -2.28. The molecule has 0 N–H and O–H groups in total. The summed E-state index contributed by atoms with van der Waals surface area (Å²) in [6.45, 7) is 4.00. The number of aromatic nitrogens is 4. The fraction of sp³-hybridized carbons (Fsp3) is 0.0328. The molecule has 318 valence electrons. The van der Waals surface area contributed by atoms with Gasteiger partial charge in [-0.1, -0.05) is 172 Å². The minimum atomic E-state index is 0.600. The van der Waals surface area contributed by atoms with E-state index in [-0.39, 0.29) is 0 Å². The van der Waals surface area contributed by atoms with E-state index < -0.39 is 0 Å². The number of rotatable bonds is 6. The Hall–Kier alpha value is -8.87. The van der Waals surface area contributed by atoms with Crippen LogP contribution in [0.2, 0.25) is 0 Å². The Balaban J connectivity index is 0.00000231. The van der Waals surface area contributed by atoms with Crippen LogP contribution in [0.4, 0.5) is 17.1 Å². The molecule has 1 aliphatic heterocycles. The molecule has 0 amide bonds. The van der Waals surface area contributed by atoms with Crippen molar-refractivity contribution in [3.63, 3.8) is 0 Å². The van der Waals surface area contributed by atoms with Gasteiger partial charge in [0.2, 0.25) is 0 Å². The van der Waals surface area contributed by atoms with Crippen LogP contribution in [0.1, 0.15) is 25.0 Å². The molecule has 9 aromatic carbocycles. The Morgan fingerprint density at radius 3 is 1.63 bits per heavy atom. The maximum Gasteiger partial charge on any atom is 0.164 e. The molecule has 3 aromatic heterocycles. The van der Waals surface area contributed by atoms with Gasteiger partial charge in [-0.2, -0.15) is 0 Å². The Morgan fingerprint density at radius 2 is 0.896 bits per heavy atom. The van der Waals surface area contributed by atoms with E-state index >= 15 is 0 Å². The van der Waals surface area contributed by atoms with Crippen LogP contribution in [0.5, 0.6) is 0 Å². The largest absolute Gasteiger partial charge is 0.456 e. The lowest BCUT2D eigenvalue weighted by molar-refractivity contribution is 0.669. The van der Waals surface area contributed by atoms with Crippen molar-refractivity contribution in [1.82, 2.24) is 19.5 Å². The molecule has 12 aromatic rings. The van der Waals surface area contributed by atoms with Crippen LogP contribution < -0.4 is 4.90 Å². The molecule has 13 rings (SSSR count). The van der Waals surface area contributed by atoms with Crippen LogP contribution in [0.15, 0.2) is 217 Å².